The number of aryl methyl sites for hydroxylation is 1. The van der Waals surface area contributed by atoms with Crippen molar-refractivity contribution >= 4 is 12.0 Å². The predicted molar refractivity (Wildman–Crippen MR) is 91.2 cm³/mol. The topological polar surface area (TPSA) is 58.6 Å². The van der Waals surface area contributed by atoms with Crippen LogP contribution in [0.2, 0.25) is 0 Å². The van der Waals surface area contributed by atoms with Crippen molar-refractivity contribution in [3.63, 3.8) is 0 Å². The molecule has 1 N–H and O–H groups in total. The van der Waals surface area contributed by atoms with E-state index in [2.05, 4.69) is 17.4 Å². The zero-order chi connectivity index (χ0) is 17.1. The van der Waals surface area contributed by atoms with E-state index in [9.17, 15) is 9.59 Å². The summed E-state index contributed by atoms with van der Waals surface area (Å²) < 4.78 is 4.97. The van der Waals surface area contributed by atoms with Gasteiger partial charge in [-0.3, -0.25) is 4.90 Å². The van der Waals surface area contributed by atoms with Gasteiger partial charge in [0.1, 0.15) is 0 Å². The number of ether oxygens (including phenoxy) is 1. The highest BCUT2D eigenvalue weighted by Gasteiger charge is 2.37. The molecular weight excluding hydrogens is 304 g/mol. The van der Waals surface area contributed by atoms with Crippen molar-refractivity contribution in [1.29, 1.82) is 0 Å². The number of rotatable bonds is 6. The number of esters is 1. The third-order valence-corrected chi connectivity index (χ3v) is 4.79. The SMILES string of the molecule is COC(=O)C1=C(C)N(CC2CC2)C(=O)NC1CCc1ccccc1. The monoisotopic (exact) mass is 328 g/mol. The Labute approximate surface area is 142 Å². The van der Waals surface area contributed by atoms with Crippen molar-refractivity contribution in [2.75, 3.05) is 13.7 Å². The van der Waals surface area contributed by atoms with Crippen LogP contribution in [0.4, 0.5) is 4.79 Å². The molecular formula is C19H24N2O3. The Balaban J connectivity index is 1.79. The van der Waals surface area contributed by atoms with Gasteiger partial charge in [-0.05, 0) is 44.1 Å². The number of hydrogen-bond donors (Lipinski definition) is 1. The number of nitrogens with zero attached hydrogens (tertiary/aromatic N) is 1. The molecule has 3 rings (SSSR count). The van der Waals surface area contributed by atoms with Crippen molar-refractivity contribution in [3.8, 4) is 0 Å². The molecule has 1 aliphatic heterocycles. The van der Waals surface area contributed by atoms with Crippen LogP contribution < -0.4 is 5.32 Å². The molecule has 5 heteroatoms. The van der Waals surface area contributed by atoms with E-state index in [1.54, 1.807) is 4.90 Å². The Morgan fingerprint density at radius 1 is 1.29 bits per heavy atom. The molecule has 2 amide bonds. The van der Waals surface area contributed by atoms with Gasteiger partial charge in [0.2, 0.25) is 0 Å². The molecule has 1 unspecified atom stereocenters. The summed E-state index contributed by atoms with van der Waals surface area (Å²) in [5.74, 6) is 0.205. The van der Waals surface area contributed by atoms with E-state index in [0.29, 0.717) is 24.5 Å². The summed E-state index contributed by atoms with van der Waals surface area (Å²) in [5.41, 5.74) is 2.50. The lowest BCUT2D eigenvalue weighted by Gasteiger charge is -2.35. The second kappa shape index (κ2) is 7.07. The van der Waals surface area contributed by atoms with Crippen LogP contribution in [0.1, 0.15) is 31.7 Å². The average molecular weight is 328 g/mol. The van der Waals surface area contributed by atoms with Crippen LogP contribution in [-0.2, 0) is 16.0 Å². The van der Waals surface area contributed by atoms with Crippen LogP contribution >= 0.6 is 0 Å². The summed E-state index contributed by atoms with van der Waals surface area (Å²) in [4.78, 5) is 26.5. The third kappa shape index (κ3) is 3.61. The number of allylic oxidation sites excluding steroid dienone is 1. The van der Waals surface area contributed by atoms with E-state index in [4.69, 9.17) is 4.74 Å². The van der Waals surface area contributed by atoms with E-state index in [1.807, 2.05) is 25.1 Å². The number of methoxy groups -OCH3 is 1. The molecule has 0 spiro atoms. The van der Waals surface area contributed by atoms with Gasteiger partial charge in [0.05, 0.1) is 18.7 Å². The lowest BCUT2D eigenvalue weighted by Crippen LogP contribution is -2.52. The third-order valence-electron chi connectivity index (χ3n) is 4.79. The number of nitrogens with one attached hydrogen (secondary N) is 1. The van der Waals surface area contributed by atoms with Gasteiger partial charge >= 0.3 is 12.0 Å². The van der Waals surface area contributed by atoms with Gasteiger partial charge in [-0.2, -0.15) is 0 Å². The minimum absolute atomic E-state index is 0.106. The fourth-order valence-corrected chi connectivity index (χ4v) is 3.20. The van der Waals surface area contributed by atoms with Crippen LogP contribution in [0.5, 0.6) is 0 Å². The van der Waals surface area contributed by atoms with E-state index in [1.165, 1.54) is 12.7 Å². The second-order valence-corrected chi connectivity index (χ2v) is 6.57. The summed E-state index contributed by atoms with van der Waals surface area (Å²) in [6.07, 6.45) is 3.78. The molecule has 1 saturated carbocycles. The average Bonchev–Trinajstić information content (AvgIpc) is 3.41. The minimum atomic E-state index is -0.355. The smallest absolute Gasteiger partial charge is 0.337 e. The van der Waals surface area contributed by atoms with Gasteiger partial charge in [-0.25, -0.2) is 9.59 Å². The molecule has 1 fully saturated rings. The molecule has 1 aliphatic carbocycles. The van der Waals surface area contributed by atoms with Gasteiger partial charge in [-0.15, -0.1) is 0 Å². The van der Waals surface area contributed by atoms with Crippen LogP contribution in [0.15, 0.2) is 41.6 Å². The fourth-order valence-electron chi connectivity index (χ4n) is 3.20. The normalized spacial score (nSPS) is 20.8. The van der Waals surface area contributed by atoms with Crippen LogP contribution in [0, 0.1) is 5.92 Å². The number of urea groups is 1. The van der Waals surface area contributed by atoms with Gasteiger partial charge < -0.3 is 10.1 Å². The highest BCUT2D eigenvalue weighted by Crippen LogP contribution is 2.33. The Morgan fingerprint density at radius 2 is 2.00 bits per heavy atom. The van der Waals surface area contributed by atoms with E-state index in [0.717, 1.165) is 25.0 Å². The largest absolute Gasteiger partial charge is 0.466 e. The maximum atomic E-state index is 12.5. The summed E-state index contributed by atoms with van der Waals surface area (Å²) in [6, 6.07) is 9.66. The predicted octanol–water partition coefficient (Wildman–Crippen LogP) is 2.87. The van der Waals surface area contributed by atoms with Gasteiger partial charge in [0.25, 0.3) is 0 Å². The molecule has 5 nitrogen and oxygen atoms in total. The van der Waals surface area contributed by atoms with Crippen molar-refractivity contribution in [1.82, 2.24) is 10.2 Å². The first-order valence-electron chi connectivity index (χ1n) is 8.51. The molecule has 1 aromatic carbocycles. The maximum absolute atomic E-state index is 12.5. The molecule has 2 aliphatic rings. The van der Waals surface area contributed by atoms with Crippen molar-refractivity contribution in [2.24, 2.45) is 5.92 Å². The minimum Gasteiger partial charge on any atom is -0.466 e. The summed E-state index contributed by atoms with van der Waals surface area (Å²) in [7, 11) is 1.39. The molecule has 0 radical (unpaired) electrons. The van der Waals surface area contributed by atoms with Crippen LogP contribution in [0.25, 0.3) is 0 Å². The fraction of sp³-hybridized carbons (Fsp3) is 0.474. The Kier molecular flexibility index (Phi) is 4.88. The molecule has 1 aromatic rings. The quantitative estimate of drug-likeness (QED) is 0.817. The Bertz CT molecular complexity index is 650. The van der Waals surface area contributed by atoms with E-state index >= 15 is 0 Å². The Hall–Kier alpha value is -2.30. The zero-order valence-corrected chi connectivity index (χ0v) is 14.2. The number of hydrogen-bond acceptors (Lipinski definition) is 3. The number of benzene rings is 1. The number of amides is 2. The summed E-state index contributed by atoms with van der Waals surface area (Å²) >= 11 is 0. The van der Waals surface area contributed by atoms with Crippen molar-refractivity contribution in [3.05, 3.63) is 47.2 Å². The lowest BCUT2D eigenvalue weighted by molar-refractivity contribution is -0.136. The standard InChI is InChI=1S/C19H24N2O3/c1-13-17(18(22)24-2)16(11-10-14-6-4-3-5-7-14)20-19(23)21(13)12-15-8-9-15/h3-7,15-16H,8-12H2,1-2H3,(H,20,23). The van der Waals surface area contributed by atoms with Gasteiger partial charge in [0.15, 0.2) is 0 Å². The lowest BCUT2D eigenvalue weighted by atomic mass is 9.95. The molecule has 0 bridgehead atoms. The van der Waals surface area contributed by atoms with Gasteiger partial charge in [-0.1, -0.05) is 30.3 Å². The van der Waals surface area contributed by atoms with Crippen LogP contribution in [0.3, 0.4) is 0 Å². The molecule has 24 heavy (non-hydrogen) atoms. The van der Waals surface area contributed by atoms with Crippen molar-refractivity contribution < 1.29 is 14.3 Å². The number of carbonyl (C=O) groups is 2. The molecule has 0 aromatic heterocycles. The highest BCUT2D eigenvalue weighted by molar-refractivity contribution is 5.94. The summed E-state index contributed by atoms with van der Waals surface area (Å²) in [6.45, 7) is 2.53. The first-order chi connectivity index (χ1) is 11.6. The highest BCUT2D eigenvalue weighted by atomic mass is 16.5. The molecule has 1 heterocycles. The molecule has 128 valence electrons. The molecule has 1 atom stereocenters. The first kappa shape index (κ1) is 16.6. The van der Waals surface area contributed by atoms with Gasteiger partial charge in [0, 0.05) is 12.2 Å². The molecule has 0 saturated heterocycles. The van der Waals surface area contributed by atoms with E-state index in [-0.39, 0.29) is 18.0 Å². The second-order valence-electron chi connectivity index (χ2n) is 6.57. The zero-order valence-electron chi connectivity index (χ0n) is 14.2. The number of carbonyl (C=O) groups excluding carboxylic acids is 2. The van der Waals surface area contributed by atoms with Crippen LogP contribution in [-0.4, -0.2) is 36.6 Å². The first-order valence-corrected chi connectivity index (χ1v) is 8.51. The Morgan fingerprint density at radius 3 is 2.62 bits per heavy atom. The van der Waals surface area contributed by atoms with Crippen molar-refractivity contribution in [2.45, 2.75) is 38.6 Å². The maximum Gasteiger partial charge on any atom is 0.337 e. The summed E-state index contributed by atoms with van der Waals surface area (Å²) in [5, 5.41) is 2.99. The van der Waals surface area contributed by atoms with E-state index < -0.39 is 0 Å².